The van der Waals surface area contributed by atoms with E-state index < -0.39 is 23.5 Å². The molecule has 1 aliphatic rings. The van der Waals surface area contributed by atoms with E-state index in [9.17, 15) is 18.0 Å². The molecule has 0 aromatic rings. The Hall–Kier alpha value is -0.820. The summed E-state index contributed by atoms with van der Waals surface area (Å²) in [5, 5.41) is 10.9. The number of alkyl halides is 3. The molecule has 1 saturated heterocycles. The third kappa shape index (κ3) is 2.85. The number of halogens is 3. The third-order valence-corrected chi connectivity index (χ3v) is 2.79. The van der Waals surface area contributed by atoms with E-state index in [1.807, 2.05) is 5.32 Å². The van der Waals surface area contributed by atoms with E-state index in [0.717, 1.165) is 0 Å². The van der Waals surface area contributed by atoms with Crippen LogP contribution in [0.25, 0.3) is 0 Å². The Labute approximate surface area is 90.8 Å². The molecule has 0 saturated carbocycles. The summed E-state index contributed by atoms with van der Waals surface area (Å²) in [5.41, 5.74) is -1.17. The molecule has 7 heteroatoms. The molecule has 1 fully saturated rings. The molecule has 0 bridgehead atoms. The van der Waals surface area contributed by atoms with Gasteiger partial charge in [-0.3, -0.25) is 4.79 Å². The zero-order chi connectivity index (χ0) is 12.4. The molecule has 0 spiro atoms. The molecule has 1 rings (SSSR count). The van der Waals surface area contributed by atoms with Crippen LogP contribution in [-0.2, 0) is 9.53 Å². The van der Waals surface area contributed by atoms with Crippen LogP contribution >= 0.6 is 0 Å². The van der Waals surface area contributed by atoms with Crippen LogP contribution in [0.1, 0.15) is 13.3 Å². The first-order valence-corrected chi connectivity index (χ1v) is 4.87. The third-order valence-electron chi connectivity index (χ3n) is 2.79. The lowest BCUT2D eigenvalue weighted by Gasteiger charge is -2.41. The van der Waals surface area contributed by atoms with Crippen molar-refractivity contribution in [2.75, 3.05) is 19.8 Å². The zero-order valence-corrected chi connectivity index (χ0v) is 8.80. The largest absolute Gasteiger partial charge is 0.471 e. The van der Waals surface area contributed by atoms with E-state index in [0.29, 0.717) is 13.0 Å². The predicted molar refractivity (Wildman–Crippen MR) is 48.6 cm³/mol. The quantitative estimate of drug-likeness (QED) is 0.738. The highest BCUT2D eigenvalue weighted by Gasteiger charge is 2.46. The Morgan fingerprint density at radius 1 is 1.62 bits per heavy atom. The molecule has 16 heavy (non-hydrogen) atoms. The summed E-state index contributed by atoms with van der Waals surface area (Å²) in [6.45, 7) is 1.51. The van der Waals surface area contributed by atoms with Crippen molar-refractivity contribution in [3.8, 4) is 0 Å². The van der Waals surface area contributed by atoms with Crippen molar-refractivity contribution in [1.82, 2.24) is 5.32 Å². The first-order valence-electron chi connectivity index (χ1n) is 4.87. The van der Waals surface area contributed by atoms with Crippen molar-refractivity contribution in [2.45, 2.75) is 25.1 Å². The molecule has 0 aromatic heterocycles. The first kappa shape index (κ1) is 13.2. The normalized spacial score (nSPS) is 31.2. The van der Waals surface area contributed by atoms with E-state index in [1.165, 1.54) is 6.92 Å². The smallest absolute Gasteiger partial charge is 0.396 e. The van der Waals surface area contributed by atoms with Crippen LogP contribution in [0.15, 0.2) is 0 Å². The summed E-state index contributed by atoms with van der Waals surface area (Å²) < 4.78 is 41.3. The van der Waals surface area contributed by atoms with Gasteiger partial charge in [0.25, 0.3) is 0 Å². The number of hydrogen-bond donors (Lipinski definition) is 2. The van der Waals surface area contributed by atoms with Crippen LogP contribution in [0, 0.1) is 5.92 Å². The number of nitrogens with one attached hydrogen (secondary N) is 1. The van der Waals surface area contributed by atoms with Crippen LogP contribution in [0.3, 0.4) is 0 Å². The number of hydrogen-bond acceptors (Lipinski definition) is 3. The second-order valence-corrected chi connectivity index (χ2v) is 4.09. The van der Waals surface area contributed by atoms with E-state index in [2.05, 4.69) is 0 Å². The molecule has 1 aliphatic heterocycles. The van der Waals surface area contributed by atoms with Gasteiger partial charge in [0.15, 0.2) is 0 Å². The molecule has 0 aliphatic carbocycles. The number of aliphatic hydroxyl groups excluding tert-OH is 1. The minimum absolute atomic E-state index is 0.0277. The molecule has 1 heterocycles. The Kier molecular flexibility index (Phi) is 3.80. The standard InChI is InChI=1S/C9H14F3NO3/c1-8(13-7(15)9(10,11)12)5-16-3-2-6(8)4-14/h6,14H,2-5H2,1H3,(H,13,15). The maximum atomic E-state index is 12.1. The van der Waals surface area contributed by atoms with Gasteiger partial charge in [-0.05, 0) is 13.3 Å². The molecule has 2 atom stereocenters. The van der Waals surface area contributed by atoms with E-state index in [1.54, 1.807) is 0 Å². The predicted octanol–water partition coefficient (Wildman–Crippen LogP) is 0.452. The number of rotatable bonds is 2. The van der Waals surface area contributed by atoms with E-state index in [4.69, 9.17) is 9.84 Å². The number of amides is 1. The van der Waals surface area contributed by atoms with Crippen LogP contribution < -0.4 is 5.32 Å². The summed E-state index contributed by atoms with van der Waals surface area (Å²) in [5.74, 6) is -2.42. The average Bonchev–Trinajstić information content (AvgIpc) is 2.16. The highest BCUT2D eigenvalue weighted by atomic mass is 19.4. The number of carbonyl (C=O) groups is 1. The number of aliphatic hydroxyl groups is 1. The lowest BCUT2D eigenvalue weighted by molar-refractivity contribution is -0.178. The SMILES string of the molecule is CC1(NC(=O)C(F)(F)F)COCCC1CO. The highest BCUT2D eigenvalue weighted by Crippen LogP contribution is 2.27. The minimum atomic E-state index is -4.92. The van der Waals surface area contributed by atoms with Gasteiger partial charge in [0, 0.05) is 19.1 Å². The summed E-state index contributed by atoms with van der Waals surface area (Å²) >= 11 is 0. The van der Waals surface area contributed by atoms with Crippen molar-refractivity contribution in [1.29, 1.82) is 0 Å². The van der Waals surface area contributed by atoms with Crippen molar-refractivity contribution in [3.05, 3.63) is 0 Å². The van der Waals surface area contributed by atoms with Gasteiger partial charge in [-0.25, -0.2) is 0 Å². The fourth-order valence-corrected chi connectivity index (χ4v) is 1.71. The Bertz CT molecular complexity index is 269. The topological polar surface area (TPSA) is 58.6 Å². The van der Waals surface area contributed by atoms with Crippen LogP contribution in [0.2, 0.25) is 0 Å². The Balaban J connectivity index is 2.72. The Morgan fingerprint density at radius 2 is 2.25 bits per heavy atom. The van der Waals surface area contributed by atoms with Crippen molar-refractivity contribution in [3.63, 3.8) is 0 Å². The van der Waals surface area contributed by atoms with Gasteiger partial charge in [-0.2, -0.15) is 13.2 Å². The maximum Gasteiger partial charge on any atom is 0.471 e. The summed E-state index contributed by atoms with van der Waals surface area (Å²) in [6, 6.07) is 0. The molecule has 2 N–H and O–H groups in total. The second kappa shape index (κ2) is 4.58. The van der Waals surface area contributed by atoms with Gasteiger partial charge >= 0.3 is 12.1 Å². The van der Waals surface area contributed by atoms with Gasteiger partial charge in [-0.1, -0.05) is 0 Å². The molecule has 0 radical (unpaired) electrons. The lowest BCUT2D eigenvalue weighted by atomic mass is 9.82. The monoisotopic (exact) mass is 241 g/mol. The molecule has 1 amide bonds. The summed E-state index contributed by atoms with van der Waals surface area (Å²) in [7, 11) is 0. The molecule has 2 unspecified atom stereocenters. The van der Waals surface area contributed by atoms with Crippen molar-refractivity contribution >= 4 is 5.91 Å². The van der Waals surface area contributed by atoms with Crippen LogP contribution in [0.5, 0.6) is 0 Å². The average molecular weight is 241 g/mol. The fraction of sp³-hybridized carbons (Fsp3) is 0.889. The van der Waals surface area contributed by atoms with E-state index >= 15 is 0 Å². The van der Waals surface area contributed by atoms with Gasteiger partial charge < -0.3 is 15.2 Å². The molecule has 94 valence electrons. The summed E-state index contributed by atoms with van der Waals surface area (Å²) in [6.07, 6.45) is -4.49. The second-order valence-electron chi connectivity index (χ2n) is 4.09. The van der Waals surface area contributed by atoms with Crippen molar-refractivity contribution in [2.24, 2.45) is 5.92 Å². The molecular weight excluding hydrogens is 227 g/mol. The zero-order valence-electron chi connectivity index (χ0n) is 8.80. The van der Waals surface area contributed by atoms with Crippen LogP contribution in [0.4, 0.5) is 13.2 Å². The van der Waals surface area contributed by atoms with Gasteiger partial charge in [0.1, 0.15) is 0 Å². The Morgan fingerprint density at radius 3 is 2.75 bits per heavy atom. The van der Waals surface area contributed by atoms with Gasteiger partial charge in [-0.15, -0.1) is 0 Å². The van der Waals surface area contributed by atoms with Crippen molar-refractivity contribution < 1.29 is 27.8 Å². The first-order chi connectivity index (χ1) is 7.29. The van der Waals surface area contributed by atoms with E-state index in [-0.39, 0.29) is 13.2 Å². The number of carbonyl (C=O) groups excluding carboxylic acids is 1. The molecule has 4 nitrogen and oxygen atoms in total. The lowest BCUT2D eigenvalue weighted by Crippen LogP contribution is -2.60. The van der Waals surface area contributed by atoms with Gasteiger partial charge in [0.2, 0.25) is 0 Å². The summed E-state index contributed by atoms with van der Waals surface area (Å²) in [4.78, 5) is 10.8. The minimum Gasteiger partial charge on any atom is -0.396 e. The molecular formula is C9H14F3NO3. The molecule has 0 aromatic carbocycles. The fourth-order valence-electron chi connectivity index (χ4n) is 1.71. The maximum absolute atomic E-state index is 12.1. The van der Waals surface area contributed by atoms with Gasteiger partial charge in [0.05, 0.1) is 12.1 Å². The highest BCUT2D eigenvalue weighted by molar-refractivity contribution is 5.82. The van der Waals surface area contributed by atoms with Crippen LogP contribution in [-0.4, -0.2) is 42.5 Å². The number of ether oxygens (including phenoxy) is 1.